The lowest BCUT2D eigenvalue weighted by Gasteiger charge is -2.17. The maximum Gasteiger partial charge on any atom is 0.303 e. The Kier molecular flexibility index (Phi) is 5.44. The molecule has 0 saturated carbocycles. The third kappa shape index (κ3) is 4.63. The van der Waals surface area contributed by atoms with Crippen molar-refractivity contribution in [2.24, 2.45) is 5.92 Å². The number of hydrogen-bond donors (Lipinski definition) is 1. The Morgan fingerprint density at radius 1 is 1.38 bits per heavy atom. The molecule has 0 bridgehead atoms. The number of carbonyl (C=O) groups excluding carboxylic acids is 1. The second-order valence-electron chi connectivity index (χ2n) is 5.15. The van der Waals surface area contributed by atoms with Gasteiger partial charge in [-0.1, -0.05) is 23.7 Å². The highest BCUT2D eigenvalue weighted by atomic mass is 35.5. The van der Waals surface area contributed by atoms with E-state index in [1.807, 2.05) is 0 Å². The van der Waals surface area contributed by atoms with Gasteiger partial charge < -0.3 is 14.7 Å². The quantitative estimate of drug-likeness (QED) is 0.876. The molecule has 1 aromatic carbocycles. The first kappa shape index (κ1) is 15.6. The van der Waals surface area contributed by atoms with Gasteiger partial charge in [-0.2, -0.15) is 0 Å². The Balaban J connectivity index is 1.77. The van der Waals surface area contributed by atoms with Crippen LogP contribution in [0.25, 0.3) is 0 Å². The first-order valence-corrected chi connectivity index (χ1v) is 7.31. The van der Waals surface area contributed by atoms with Gasteiger partial charge in [0.1, 0.15) is 5.75 Å². The molecule has 1 unspecified atom stereocenters. The smallest absolute Gasteiger partial charge is 0.303 e. The summed E-state index contributed by atoms with van der Waals surface area (Å²) in [6.07, 6.45) is 1.62. The number of benzene rings is 1. The Morgan fingerprint density at radius 3 is 2.86 bits per heavy atom. The van der Waals surface area contributed by atoms with E-state index >= 15 is 0 Å². The molecule has 1 aliphatic heterocycles. The van der Waals surface area contributed by atoms with Crippen molar-refractivity contribution in [3.63, 3.8) is 0 Å². The SMILES string of the molecule is O=C(O)CCC1CCN(C(=O)COc2ccccc2Cl)C1. The largest absolute Gasteiger partial charge is 0.482 e. The van der Waals surface area contributed by atoms with Gasteiger partial charge in [-0.15, -0.1) is 0 Å². The van der Waals surface area contributed by atoms with Crippen LogP contribution in [0.15, 0.2) is 24.3 Å². The second kappa shape index (κ2) is 7.31. The summed E-state index contributed by atoms with van der Waals surface area (Å²) in [5.74, 6) is -0.117. The highest BCUT2D eigenvalue weighted by molar-refractivity contribution is 6.32. The molecule has 1 N–H and O–H groups in total. The number of nitrogens with zero attached hydrogens (tertiary/aromatic N) is 1. The van der Waals surface area contributed by atoms with Gasteiger partial charge in [-0.05, 0) is 30.9 Å². The van der Waals surface area contributed by atoms with Crippen LogP contribution in [0.4, 0.5) is 0 Å². The predicted molar refractivity (Wildman–Crippen MR) is 78.5 cm³/mol. The zero-order valence-corrected chi connectivity index (χ0v) is 12.4. The number of hydrogen-bond acceptors (Lipinski definition) is 3. The summed E-state index contributed by atoms with van der Waals surface area (Å²) in [5, 5.41) is 9.15. The summed E-state index contributed by atoms with van der Waals surface area (Å²) in [5.41, 5.74) is 0. The Morgan fingerprint density at radius 2 is 2.14 bits per heavy atom. The van der Waals surface area contributed by atoms with Crippen LogP contribution in [-0.2, 0) is 9.59 Å². The monoisotopic (exact) mass is 311 g/mol. The third-order valence-corrected chi connectivity index (χ3v) is 3.91. The first-order valence-electron chi connectivity index (χ1n) is 6.93. The number of carbonyl (C=O) groups is 2. The fourth-order valence-corrected chi connectivity index (χ4v) is 2.61. The number of likely N-dealkylation sites (tertiary alicyclic amines) is 1. The predicted octanol–water partition coefficient (Wildman–Crippen LogP) is 2.43. The zero-order valence-electron chi connectivity index (χ0n) is 11.6. The van der Waals surface area contributed by atoms with E-state index in [4.69, 9.17) is 21.4 Å². The molecule has 1 aromatic rings. The molecule has 0 aromatic heterocycles. The topological polar surface area (TPSA) is 66.8 Å². The minimum absolute atomic E-state index is 0.0462. The van der Waals surface area contributed by atoms with Gasteiger partial charge in [0, 0.05) is 19.5 Å². The lowest BCUT2D eigenvalue weighted by Crippen LogP contribution is -2.33. The molecule has 1 aliphatic rings. The molecule has 114 valence electrons. The van der Waals surface area contributed by atoms with Crippen LogP contribution in [0.3, 0.4) is 0 Å². The van der Waals surface area contributed by atoms with Crippen molar-refractivity contribution in [2.75, 3.05) is 19.7 Å². The number of carboxylic acid groups (broad SMARTS) is 1. The second-order valence-corrected chi connectivity index (χ2v) is 5.55. The Bertz CT molecular complexity index is 520. The molecule has 1 saturated heterocycles. The zero-order chi connectivity index (χ0) is 15.2. The standard InChI is InChI=1S/C15H18ClNO4/c16-12-3-1-2-4-13(12)21-10-14(18)17-8-7-11(9-17)5-6-15(19)20/h1-4,11H,5-10H2,(H,19,20). The summed E-state index contributed by atoms with van der Waals surface area (Å²) >= 11 is 5.96. The van der Waals surface area contributed by atoms with Gasteiger partial charge in [0.2, 0.25) is 0 Å². The summed E-state index contributed by atoms with van der Waals surface area (Å²) < 4.78 is 5.43. The maximum atomic E-state index is 12.1. The van der Waals surface area contributed by atoms with Crippen molar-refractivity contribution in [1.82, 2.24) is 4.90 Å². The van der Waals surface area contributed by atoms with Crippen molar-refractivity contribution in [1.29, 1.82) is 0 Å². The molecule has 0 spiro atoms. The van der Waals surface area contributed by atoms with Crippen molar-refractivity contribution < 1.29 is 19.4 Å². The van der Waals surface area contributed by atoms with Crippen molar-refractivity contribution in [3.8, 4) is 5.75 Å². The minimum Gasteiger partial charge on any atom is -0.482 e. The van der Waals surface area contributed by atoms with E-state index in [0.29, 0.717) is 30.3 Å². The average molecular weight is 312 g/mol. The van der Waals surface area contributed by atoms with Gasteiger partial charge in [0.25, 0.3) is 5.91 Å². The number of aliphatic carboxylic acids is 1. The van der Waals surface area contributed by atoms with Crippen LogP contribution in [0.2, 0.25) is 5.02 Å². The molecular formula is C15H18ClNO4. The Labute approximate surface area is 128 Å². The molecule has 1 heterocycles. The van der Waals surface area contributed by atoms with E-state index < -0.39 is 5.97 Å². The van der Waals surface area contributed by atoms with Gasteiger partial charge in [0.15, 0.2) is 6.61 Å². The fourth-order valence-electron chi connectivity index (χ4n) is 2.41. The summed E-state index contributed by atoms with van der Waals surface area (Å²) in [6.45, 7) is 1.22. The Hall–Kier alpha value is -1.75. The number of halogens is 1. The normalized spacial score (nSPS) is 17.8. The van der Waals surface area contributed by atoms with E-state index in [9.17, 15) is 9.59 Å². The van der Waals surface area contributed by atoms with Crippen LogP contribution >= 0.6 is 11.6 Å². The fraction of sp³-hybridized carbons (Fsp3) is 0.467. The van der Waals surface area contributed by atoms with E-state index in [1.54, 1.807) is 29.2 Å². The summed E-state index contributed by atoms with van der Waals surface area (Å²) in [6, 6.07) is 7.02. The summed E-state index contributed by atoms with van der Waals surface area (Å²) in [4.78, 5) is 24.3. The number of rotatable bonds is 6. The van der Waals surface area contributed by atoms with Gasteiger partial charge >= 0.3 is 5.97 Å². The van der Waals surface area contributed by atoms with E-state index in [-0.39, 0.29) is 24.9 Å². The van der Waals surface area contributed by atoms with Crippen molar-refractivity contribution in [3.05, 3.63) is 29.3 Å². The van der Waals surface area contributed by atoms with Gasteiger partial charge in [-0.3, -0.25) is 9.59 Å². The van der Waals surface area contributed by atoms with Crippen molar-refractivity contribution in [2.45, 2.75) is 19.3 Å². The minimum atomic E-state index is -0.790. The highest BCUT2D eigenvalue weighted by Crippen LogP contribution is 2.24. The molecule has 0 aliphatic carbocycles. The molecule has 5 nitrogen and oxygen atoms in total. The molecule has 0 radical (unpaired) electrons. The molecule has 1 atom stereocenters. The first-order chi connectivity index (χ1) is 10.1. The number of carboxylic acids is 1. The van der Waals surface area contributed by atoms with E-state index in [2.05, 4.69) is 0 Å². The lowest BCUT2D eigenvalue weighted by molar-refractivity contribution is -0.137. The van der Waals surface area contributed by atoms with Crippen molar-refractivity contribution >= 4 is 23.5 Å². The van der Waals surface area contributed by atoms with Crippen LogP contribution in [0.1, 0.15) is 19.3 Å². The maximum absolute atomic E-state index is 12.1. The third-order valence-electron chi connectivity index (χ3n) is 3.59. The highest BCUT2D eigenvalue weighted by Gasteiger charge is 2.26. The van der Waals surface area contributed by atoms with Crippen LogP contribution < -0.4 is 4.74 Å². The number of para-hydroxylation sites is 1. The van der Waals surface area contributed by atoms with E-state index in [0.717, 1.165) is 6.42 Å². The van der Waals surface area contributed by atoms with Crippen LogP contribution in [-0.4, -0.2) is 41.6 Å². The lowest BCUT2D eigenvalue weighted by atomic mass is 10.0. The summed E-state index contributed by atoms with van der Waals surface area (Å²) in [7, 11) is 0. The van der Waals surface area contributed by atoms with E-state index in [1.165, 1.54) is 0 Å². The number of amides is 1. The average Bonchev–Trinajstić information content (AvgIpc) is 2.93. The molecule has 6 heteroatoms. The number of ether oxygens (including phenoxy) is 1. The molecule has 2 rings (SSSR count). The molecule has 1 fully saturated rings. The van der Waals surface area contributed by atoms with Gasteiger partial charge in [0.05, 0.1) is 5.02 Å². The molecule has 21 heavy (non-hydrogen) atoms. The van der Waals surface area contributed by atoms with Crippen LogP contribution in [0, 0.1) is 5.92 Å². The molecular weight excluding hydrogens is 294 g/mol. The van der Waals surface area contributed by atoms with Gasteiger partial charge in [-0.25, -0.2) is 0 Å². The van der Waals surface area contributed by atoms with Crippen LogP contribution in [0.5, 0.6) is 5.75 Å². The molecule has 1 amide bonds.